The molecule has 0 aliphatic carbocycles. The van der Waals surface area contributed by atoms with Crippen molar-refractivity contribution < 1.29 is 13.9 Å². The van der Waals surface area contributed by atoms with E-state index in [9.17, 15) is 14.3 Å². The van der Waals surface area contributed by atoms with Gasteiger partial charge in [0.2, 0.25) is 0 Å². The first-order chi connectivity index (χ1) is 10.5. The van der Waals surface area contributed by atoms with Crippen molar-refractivity contribution in [3.05, 3.63) is 70.8 Å². The van der Waals surface area contributed by atoms with Gasteiger partial charge >= 0.3 is 0 Å². The predicted octanol–water partition coefficient (Wildman–Crippen LogP) is 3.42. The van der Waals surface area contributed by atoms with Gasteiger partial charge in [-0.1, -0.05) is 18.7 Å². The summed E-state index contributed by atoms with van der Waals surface area (Å²) in [7, 11) is 0.295. The SMILES string of the molecule is C=C(CS(=O)c1ccc([N+](=O)[O-])cc1)c1ccc(OC)cc1. The first kappa shape index (κ1) is 15.9. The zero-order valence-corrected chi connectivity index (χ0v) is 12.8. The summed E-state index contributed by atoms with van der Waals surface area (Å²) in [6, 6.07) is 13.1. The number of hydrogen-bond acceptors (Lipinski definition) is 4. The smallest absolute Gasteiger partial charge is 0.269 e. The second-order valence-electron chi connectivity index (χ2n) is 4.57. The number of benzene rings is 2. The minimum Gasteiger partial charge on any atom is -0.497 e. The van der Waals surface area contributed by atoms with Gasteiger partial charge in [-0.3, -0.25) is 14.3 Å². The Labute approximate surface area is 130 Å². The van der Waals surface area contributed by atoms with Gasteiger partial charge in [0.05, 0.1) is 28.6 Å². The molecule has 1 unspecified atom stereocenters. The van der Waals surface area contributed by atoms with E-state index in [0.29, 0.717) is 4.90 Å². The Kier molecular flexibility index (Phi) is 5.06. The third-order valence-corrected chi connectivity index (χ3v) is 4.52. The van der Waals surface area contributed by atoms with Gasteiger partial charge in [0.1, 0.15) is 5.75 Å². The molecule has 5 nitrogen and oxygen atoms in total. The number of non-ortho nitro benzene ring substituents is 1. The summed E-state index contributed by atoms with van der Waals surface area (Å²) in [6.45, 7) is 3.95. The molecule has 0 saturated heterocycles. The van der Waals surface area contributed by atoms with E-state index >= 15 is 0 Å². The monoisotopic (exact) mass is 317 g/mol. The fourth-order valence-electron chi connectivity index (χ4n) is 1.87. The maximum Gasteiger partial charge on any atom is 0.269 e. The highest BCUT2D eigenvalue weighted by Gasteiger charge is 2.10. The van der Waals surface area contributed by atoms with Crippen molar-refractivity contribution in [3.63, 3.8) is 0 Å². The van der Waals surface area contributed by atoms with Crippen LogP contribution in [0.5, 0.6) is 5.75 Å². The Hall–Kier alpha value is -2.47. The Balaban J connectivity index is 2.06. The lowest BCUT2D eigenvalue weighted by atomic mass is 10.1. The Bertz CT molecular complexity index is 708. The lowest BCUT2D eigenvalue weighted by Crippen LogP contribution is -2.00. The second kappa shape index (κ2) is 7.00. The minimum absolute atomic E-state index is 0.0188. The molecule has 0 N–H and O–H groups in total. The predicted molar refractivity (Wildman–Crippen MR) is 86.4 cm³/mol. The van der Waals surface area contributed by atoms with E-state index < -0.39 is 15.7 Å². The Morgan fingerprint density at radius 2 is 1.77 bits per heavy atom. The second-order valence-corrected chi connectivity index (χ2v) is 6.02. The molecule has 0 saturated carbocycles. The molecule has 2 rings (SSSR count). The van der Waals surface area contributed by atoms with E-state index in [2.05, 4.69) is 6.58 Å². The molecule has 0 aromatic heterocycles. The van der Waals surface area contributed by atoms with Crippen LogP contribution in [-0.2, 0) is 10.8 Å². The molecule has 0 bridgehead atoms. The van der Waals surface area contributed by atoms with Crippen molar-refractivity contribution in [3.8, 4) is 5.75 Å². The maximum atomic E-state index is 12.3. The fraction of sp³-hybridized carbons (Fsp3) is 0.125. The summed E-state index contributed by atoms with van der Waals surface area (Å²) < 4.78 is 17.4. The van der Waals surface area contributed by atoms with Crippen LogP contribution >= 0.6 is 0 Å². The molecule has 0 radical (unpaired) electrons. The molecule has 0 fully saturated rings. The van der Waals surface area contributed by atoms with E-state index in [1.807, 2.05) is 24.3 Å². The van der Waals surface area contributed by atoms with Crippen molar-refractivity contribution in [2.75, 3.05) is 12.9 Å². The third-order valence-electron chi connectivity index (χ3n) is 3.11. The molecule has 22 heavy (non-hydrogen) atoms. The van der Waals surface area contributed by atoms with E-state index in [0.717, 1.165) is 16.9 Å². The highest BCUT2D eigenvalue weighted by Crippen LogP contribution is 2.21. The number of ether oxygens (including phenoxy) is 1. The van der Waals surface area contributed by atoms with Crippen molar-refractivity contribution in [1.82, 2.24) is 0 Å². The van der Waals surface area contributed by atoms with Gasteiger partial charge in [0, 0.05) is 17.0 Å². The summed E-state index contributed by atoms with van der Waals surface area (Å²) in [5.41, 5.74) is 1.60. The van der Waals surface area contributed by atoms with Crippen LogP contribution in [0.1, 0.15) is 5.56 Å². The van der Waals surface area contributed by atoms with Gasteiger partial charge in [-0.2, -0.15) is 0 Å². The molecule has 2 aromatic rings. The molecule has 114 valence electrons. The molecule has 6 heteroatoms. The van der Waals surface area contributed by atoms with Crippen LogP contribution in [0.15, 0.2) is 60.0 Å². The average molecular weight is 317 g/mol. The van der Waals surface area contributed by atoms with Crippen LogP contribution < -0.4 is 4.74 Å². The minimum atomic E-state index is -1.30. The Morgan fingerprint density at radius 1 is 1.18 bits per heavy atom. The first-order valence-corrected chi connectivity index (χ1v) is 7.78. The molecule has 0 aliphatic rings. The molecule has 0 amide bonds. The quantitative estimate of drug-likeness (QED) is 0.604. The number of nitro groups is 1. The Morgan fingerprint density at radius 3 is 2.27 bits per heavy atom. The van der Waals surface area contributed by atoms with Crippen molar-refractivity contribution >= 4 is 22.1 Å². The lowest BCUT2D eigenvalue weighted by molar-refractivity contribution is -0.384. The van der Waals surface area contributed by atoms with Gasteiger partial charge in [0.25, 0.3) is 5.69 Å². The average Bonchev–Trinajstić information content (AvgIpc) is 2.54. The van der Waals surface area contributed by atoms with Gasteiger partial charge in [0.15, 0.2) is 0 Å². The van der Waals surface area contributed by atoms with Crippen LogP contribution in [0.2, 0.25) is 0 Å². The normalized spacial score (nSPS) is 11.7. The largest absolute Gasteiger partial charge is 0.497 e. The van der Waals surface area contributed by atoms with E-state index in [1.165, 1.54) is 24.3 Å². The lowest BCUT2D eigenvalue weighted by Gasteiger charge is -2.07. The number of methoxy groups -OCH3 is 1. The van der Waals surface area contributed by atoms with Crippen LogP contribution in [-0.4, -0.2) is 22.0 Å². The number of rotatable bonds is 6. The summed E-state index contributed by atoms with van der Waals surface area (Å²) in [6.07, 6.45) is 0. The maximum absolute atomic E-state index is 12.3. The molecule has 1 atom stereocenters. The van der Waals surface area contributed by atoms with Crippen molar-refractivity contribution in [2.24, 2.45) is 0 Å². The number of nitro benzene ring substituents is 1. The molecule has 2 aromatic carbocycles. The summed E-state index contributed by atoms with van der Waals surface area (Å²) in [5, 5.41) is 10.6. The van der Waals surface area contributed by atoms with Crippen molar-refractivity contribution in [1.29, 1.82) is 0 Å². The summed E-state index contributed by atoms with van der Waals surface area (Å²) in [4.78, 5) is 10.7. The van der Waals surface area contributed by atoms with Gasteiger partial charge in [-0.15, -0.1) is 0 Å². The highest BCUT2D eigenvalue weighted by molar-refractivity contribution is 7.85. The summed E-state index contributed by atoms with van der Waals surface area (Å²) >= 11 is 0. The van der Waals surface area contributed by atoms with Gasteiger partial charge < -0.3 is 4.74 Å². The zero-order valence-electron chi connectivity index (χ0n) is 12.0. The third kappa shape index (κ3) is 3.79. The van der Waals surface area contributed by atoms with E-state index in [-0.39, 0.29) is 11.4 Å². The first-order valence-electron chi connectivity index (χ1n) is 6.46. The molecular weight excluding hydrogens is 302 g/mol. The van der Waals surface area contributed by atoms with E-state index in [1.54, 1.807) is 7.11 Å². The number of hydrogen-bond donors (Lipinski definition) is 0. The van der Waals surface area contributed by atoms with Crippen LogP contribution in [0, 0.1) is 10.1 Å². The zero-order chi connectivity index (χ0) is 16.1. The van der Waals surface area contributed by atoms with E-state index in [4.69, 9.17) is 4.74 Å². The fourth-order valence-corrected chi connectivity index (χ4v) is 2.96. The summed E-state index contributed by atoms with van der Waals surface area (Å²) in [5.74, 6) is 1.01. The molecular formula is C16H15NO4S. The van der Waals surface area contributed by atoms with Crippen LogP contribution in [0.4, 0.5) is 5.69 Å². The topological polar surface area (TPSA) is 69.4 Å². The van der Waals surface area contributed by atoms with Crippen LogP contribution in [0.3, 0.4) is 0 Å². The standard InChI is InChI=1S/C16H15NO4S/c1-12(13-3-7-15(21-2)8-4-13)11-22(20)16-9-5-14(6-10-16)17(18)19/h3-10H,1,11H2,2H3. The number of nitrogens with zero attached hydrogens (tertiary/aromatic N) is 1. The molecule has 0 heterocycles. The van der Waals surface area contributed by atoms with Crippen LogP contribution in [0.25, 0.3) is 5.57 Å². The highest BCUT2D eigenvalue weighted by atomic mass is 32.2. The van der Waals surface area contributed by atoms with Gasteiger partial charge in [-0.05, 0) is 35.4 Å². The molecule has 0 aliphatic heterocycles. The van der Waals surface area contributed by atoms with Gasteiger partial charge in [-0.25, -0.2) is 0 Å². The van der Waals surface area contributed by atoms with Crippen molar-refractivity contribution in [2.45, 2.75) is 4.90 Å². The molecule has 0 spiro atoms.